The summed E-state index contributed by atoms with van der Waals surface area (Å²) in [5.74, 6) is -0.139. The van der Waals surface area contributed by atoms with Gasteiger partial charge >= 0.3 is 0 Å². The van der Waals surface area contributed by atoms with Gasteiger partial charge in [-0.05, 0) is 38.0 Å². The Kier molecular flexibility index (Phi) is 6.32. The van der Waals surface area contributed by atoms with Crippen molar-refractivity contribution in [2.45, 2.75) is 50.8 Å². The van der Waals surface area contributed by atoms with Crippen LogP contribution in [0.25, 0.3) is 0 Å². The molecular weight excluding hydrogens is 292 g/mol. The number of nitrogens with one attached hydrogen (secondary N) is 2. The number of aliphatic hydroxyl groups is 1. The van der Waals surface area contributed by atoms with E-state index >= 15 is 0 Å². The molecule has 0 radical (unpaired) electrons. The summed E-state index contributed by atoms with van der Waals surface area (Å²) in [6.45, 7) is 5.10. The van der Waals surface area contributed by atoms with Gasteiger partial charge in [-0.3, -0.25) is 4.79 Å². The van der Waals surface area contributed by atoms with Gasteiger partial charge in [0.1, 0.15) is 0 Å². The summed E-state index contributed by atoms with van der Waals surface area (Å²) in [6, 6.07) is 5.95. The summed E-state index contributed by atoms with van der Waals surface area (Å²) >= 11 is 0. The van der Waals surface area contributed by atoms with Gasteiger partial charge in [0.05, 0.1) is 11.0 Å². The van der Waals surface area contributed by atoms with Gasteiger partial charge in [-0.2, -0.15) is 0 Å². The van der Waals surface area contributed by atoms with Crippen molar-refractivity contribution in [3.05, 3.63) is 29.8 Å². The van der Waals surface area contributed by atoms with Crippen LogP contribution in [0.5, 0.6) is 0 Å². The van der Waals surface area contributed by atoms with E-state index in [4.69, 9.17) is 0 Å². The van der Waals surface area contributed by atoms with Crippen molar-refractivity contribution in [1.82, 2.24) is 10.0 Å². The van der Waals surface area contributed by atoms with E-state index in [9.17, 15) is 18.3 Å². The molecule has 1 aromatic rings. The minimum absolute atomic E-state index is 0.139. The molecule has 1 rings (SSSR count). The van der Waals surface area contributed by atoms with E-state index in [2.05, 4.69) is 10.0 Å². The first-order valence-corrected chi connectivity index (χ1v) is 8.23. The van der Waals surface area contributed by atoms with Gasteiger partial charge in [-0.15, -0.1) is 0 Å². The minimum atomic E-state index is -3.60. The van der Waals surface area contributed by atoms with Crippen molar-refractivity contribution in [1.29, 1.82) is 0 Å². The number of sulfonamides is 1. The number of amides is 1. The molecule has 0 bridgehead atoms. The number of carbonyl (C=O) groups is 1. The molecule has 3 N–H and O–H groups in total. The zero-order chi connectivity index (χ0) is 16.0. The van der Waals surface area contributed by atoms with Crippen molar-refractivity contribution >= 4 is 15.9 Å². The quantitative estimate of drug-likeness (QED) is 0.692. The highest BCUT2D eigenvalue weighted by Crippen LogP contribution is 2.12. The zero-order valence-corrected chi connectivity index (χ0v) is 13.3. The van der Waals surface area contributed by atoms with Crippen LogP contribution in [0.15, 0.2) is 29.2 Å². The fourth-order valence-electron chi connectivity index (χ4n) is 1.91. The maximum Gasteiger partial charge on any atom is 0.240 e. The first-order valence-electron chi connectivity index (χ1n) is 6.74. The molecule has 7 heteroatoms. The Labute approximate surface area is 125 Å². The fourth-order valence-corrected chi connectivity index (χ4v) is 3.16. The molecule has 0 heterocycles. The van der Waals surface area contributed by atoms with Gasteiger partial charge in [0, 0.05) is 19.5 Å². The lowest BCUT2D eigenvalue weighted by Gasteiger charge is -2.15. The summed E-state index contributed by atoms with van der Waals surface area (Å²) in [6.07, 6.45) is -0.220. The van der Waals surface area contributed by atoms with Gasteiger partial charge < -0.3 is 10.4 Å². The average molecular weight is 314 g/mol. The molecule has 21 heavy (non-hydrogen) atoms. The molecule has 2 unspecified atom stereocenters. The van der Waals surface area contributed by atoms with Gasteiger partial charge in [0.25, 0.3) is 0 Å². The predicted octanol–water partition coefficient (Wildman–Crippen LogP) is 0.760. The molecule has 2 atom stereocenters. The predicted molar refractivity (Wildman–Crippen MR) is 80.0 cm³/mol. The van der Waals surface area contributed by atoms with Crippen LogP contribution in [0.2, 0.25) is 0 Å². The van der Waals surface area contributed by atoms with Crippen molar-refractivity contribution in [3.8, 4) is 0 Å². The van der Waals surface area contributed by atoms with Gasteiger partial charge in [-0.25, -0.2) is 13.1 Å². The molecule has 1 amide bonds. The van der Waals surface area contributed by atoms with E-state index in [0.717, 1.165) is 5.56 Å². The highest BCUT2D eigenvalue weighted by atomic mass is 32.2. The average Bonchev–Trinajstić information content (AvgIpc) is 2.35. The Bertz CT molecular complexity index is 567. The normalized spacial score (nSPS) is 14.5. The molecule has 0 saturated carbocycles. The fraction of sp³-hybridized carbons (Fsp3) is 0.500. The molecule has 0 aromatic heterocycles. The number of hydrogen-bond acceptors (Lipinski definition) is 4. The molecule has 118 valence electrons. The Hall–Kier alpha value is -1.44. The van der Waals surface area contributed by atoms with Crippen LogP contribution in [0.3, 0.4) is 0 Å². The number of benzene rings is 1. The summed E-state index contributed by atoms with van der Waals surface area (Å²) < 4.78 is 26.8. The van der Waals surface area contributed by atoms with Crippen LogP contribution >= 0.6 is 0 Å². The third-order valence-electron chi connectivity index (χ3n) is 2.83. The van der Waals surface area contributed by atoms with Crippen LogP contribution in [-0.2, 0) is 21.4 Å². The van der Waals surface area contributed by atoms with E-state index in [0.29, 0.717) is 13.0 Å². The van der Waals surface area contributed by atoms with Crippen molar-refractivity contribution in [2.75, 3.05) is 0 Å². The second-order valence-corrected chi connectivity index (χ2v) is 6.87. The molecule has 0 aliphatic carbocycles. The van der Waals surface area contributed by atoms with Crippen molar-refractivity contribution < 1.29 is 18.3 Å². The molecule has 6 nitrogen and oxygen atoms in total. The first-order chi connectivity index (χ1) is 9.70. The summed E-state index contributed by atoms with van der Waals surface area (Å²) in [5, 5.41) is 11.9. The minimum Gasteiger partial charge on any atom is -0.393 e. The van der Waals surface area contributed by atoms with Crippen LogP contribution in [0.4, 0.5) is 0 Å². The highest BCUT2D eigenvalue weighted by Gasteiger charge is 2.18. The van der Waals surface area contributed by atoms with E-state index in [1.807, 2.05) is 0 Å². The summed E-state index contributed by atoms with van der Waals surface area (Å²) in [5.41, 5.74) is 0.821. The second kappa shape index (κ2) is 7.53. The van der Waals surface area contributed by atoms with Crippen molar-refractivity contribution in [2.24, 2.45) is 0 Å². The van der Waals surface area contributed by atoms with E-state index in [1.165, 1.54) is 19.1 Å². The van der Waals surface area contributed by atoms with Crippen LogP contribution < -0.4 is 10.0 Å². The molecule has 0 aliphatic rings. The monoisotopic (exact) mass is 314 g/mol. The molecular formula is C14H22N2O4S. The highest BCUT2D eigenvalue weighted by molar-refractivity contribution is 7.89. The SMILES string of the molecule is CC(=O)NCc1ccc(S(=O)(=O)NC(C)CC(C)O)cc1. The largest absolute Gasteiger partial charge is 0.393 e. The summed E-state index contributed by atoms with van der Waals surface area (Å²) in [7, 11) is -3.60. The second-order valence-electron chi connectivity index (χ2n) is 5.16. The summed E-state index contributed by atoms with van der Waals surface area (Å²) in [4.78, 5) is 11.0. The number of rotatable bonds is 7. The third-order valence-corrected chi connectivity index (χ3v) is 4.43. The molecule has 0 fully saturated rings. The molecule has 0 aliphatic heterocycles. The third kappa shape index (κ3) is 6.24. The zero-order valence-electron chi connectivity index (χ0n) is 12.5. The van der Waals surface area contributed by atoms with Crippen LogP contribution in [0.1, 0.15) is 32.8 Å². The Morgan fingerprint density at radius 1 is 1.24 bits per heavy atom. The lowest BCUT2D eigenvalue weighted by Crippen LogP contribution is -2.34. The molecule has 0 saturated heterocycles. The number of aliphatic hydroxyl groups excluding tert-OH is 1. The molecule has 1 aromatic carbocycles. The van der Waals surface area contributed by atoms with E-state index < -0.39 is 16.1 Å². The molecule has 0 spiro atoms. The Balaban J connectivity index is 2.73. The van der Waals surface area contributed by atoms with Crippen molar-refractivity contribution in [3.63, 3.8) is 0 Å². The lowest BCUT2D eigenvalue weighted by atomic mass is 10.2. The van der Waals surface area contributed by atoms with Crippen LogP contribution in [-0.4, -0.2) is 31.6 Å². The van der Waals surface area contributed by atoms with E-state index in [-0.39, 0.29) is 16.8 Å². The standard InChI is InChI=1S/C14H22N2O4S/c1-10(8-11(2)17)16-21(19,20)14-6-4-13(5-7-14)9-15-12(3)18/h4-7,10-11,16-17H,8-9H2,1-3H3,(H,15,18). The number of hydrogen-bond donors (Lipinski definition) is 3. The van der Waals surface area contributed by atoms with E-state index in [1.54, 1.807) is 26.0 Å². The topological polar surface area (TPSA) is 95.5 Å². The van der Waals surface area contributed by atoms with Gasteiger partial charge in [-0.1, -0.05) is 12.1 Å². The van der Waals surface area contributed by atoms with Crippen LogP contribution in [0, 0.1) is 0 Å². The lowest BCUT2D eigenvalue weighted by molar-refractivity contribution is -0.119. The van der Waals surface area contributed by atoms with Gasteiger partial charge in [0.2, 0.25) is 15.9 Å². The Morgan fingerprint density at radius 3 is 2.29 bits per heavy atom. The smallest absolute Gasteiger partial charge is 0.240 e. The van der Waals surface area contributed by atoms with Gasteiger partial charge in [0.15, 0.2) is 0 Å². The first kappa shape index (κ1) is 17.6. The maximum absolute atomic E-state index is 12.1. The maximum atomic E-state index is 12.1. The Morgan fingerprint density at radius 2 is 1.81 bits per heavy atom. The number of carbonyl (C=O) groups excluding carboxylic acids is 1.